The highest BCUT2D eigenvalue weighted by molar-refractivity contribution is 6.30. The number of urea groups is 1. The zero-order valence-electron chi connectivity index (χ0n) is 16.1. The lowest BCUT2D eigenvalue weighted by atomic mass is 9.91. The molecule has 1 unspecified atom stereocenters. The van der Waals surface area contributed by atoms with E-state index in [4.69, 9.17) is 11.6 Å². The summed E-state index contributed by atoms with van der Waals surface area (Å²) in [7, 11) is 0. The van der Waals surface area contributed by atoms with Crippen molar-refractivity contribution in [2.45, 2.75) is 18.9 Å². The van der Waals surface area contributed by atoms with Crippen molar-refractivity contribution in [3.63, 3.8) is 0 Å². The van der Waals surface area contributed by atoms with Crippen LogP contribution in [0.5, 0.6) is 0 Å². The molecule has 3 aromatic carbocycles. The summed E-state index contributed by atoms with van der Waals surface area (Å²) >= 11 is 6.05. The standard InChI is InChI=1S/C24H22ClN3O/c1-17(18-8-4-2-5-9-18)26-24(29)28-16-22(19-10-6-3-7-11-19)23(27-28)20-12-14-21(25)15-13-20/h2-15,17,22H,16H2,1H3,(H,26,29)/t17-,22?/m1/s1. The van der Waals surface area contributed by atoms with Gasteiger partial charge >= 0.3 is 6.03 Å². The molecule has 1 heterocycles. The smallest absolute Gasteiger partial charge is 0.330 e. The van der Waals surface area contributed by atoms with E-state index >= 15 is 0 Å². The maximum absolute atomic E-state index is 12.9. The number of hydrogen-bond donors (Lipinski definition) is 1. The van der Waals surface area contributed by atoms with Crippen molar-refractivity contribution in [3.05, 3.63) is 107 Å². The molecule has 0 aromatic heterocycles. The van der Waals surface area contributed by atoms with Crippen molar-refractivity contribution in [3.8, 4) is 0 Å². The van der Waals surface area contributed by atoms with E-state index in [0.29, 0.717) is 11.6 Å². The number of amides is 2. The fraction of sp³-hybridized carbons (Fsp3) is 0.167. The van der Waals surface area contributed by atoms with Crippen LogP contribution in [0.25, 0.3) is 0 Å². The molecule has 1 aliphatic rings. The third kappa shape index (κ3) is 4.33. The Morgan fingerprint density at radius 2 is 1.62 bits per heavy atom. The van der Waals surface area contributed by atoms with Crippen LogP contribution in [0.1, 0.15) is 35.6 Å². The normalized spacial score (nSPS) is 17.0. The first-order valence-electron chi connectivity index (χ1n) is 9.64. The zero-order chi connectivity index (χ0) is 20.2. The lowest BCUT2D eigenvalue weighted by molar-refractivity contribution is 0.200. The first-order valence-corrected chi connectivity index (χ1v) is 10.0. The number of nitrogens with one attached hydrogen (secondary N) is 1. The highest BCUT2D eigenvalue weighted by Gasteiger charge is 2.32. The molecule has 29 heavy (non-hydrogen) atoms. The third-order valence-electron chi connectivity index (χ3n) is 5.13. The highest BCUT2D eigenvalue weighted by atomic mass is 35.5. The Bertz CT molecular complexity index is 1000. The molecule has 5 heteroatoms. The van der Waals surface area contributed by atoms with Gasteiger partial charge in [0.2, 0.25) is 0 Å². The molecule has 0 saturated carbocycles. The summed E-state index contributed by atoms with van der Waals surface area (Å²) in [5.74, 6) is 0.00940. The summed E-state index contributed by atoms with van der Waals surface area (Å²) in [6, 6.07) is 27.4. The Hall–Kier alpha value is -3.11. The quantitative estimate of drug-likeness (QED) is 0.604. The summed E-state index contributed by atoms with van der Waals surface area (Å²) < 4.78 is 0. The largest absolute Gasteiger partial charge is 0.338 e. The van der Waals surface area contributed by atoms with E-state index in [0.717, 1.165) is 22.4 Å². The number of carbonyl (C=O) groups excluding carboxylic acids is 1. The van der Waals surface area contributed by atoms with Crippen LogP contribution in [-0.2, 0) is 0 Å². The fourth-order valence-corrected chi connectivity index (χ4v) is 3.67. The van der Waals surface area contributed by atoms with Gasteiger partial charge in [0.15, 0.2) is 0 Å². The van der Waals surface area contributed by atoms with Crippen LogP contribution in [0.15, 0.2) is 90.0 Å². The summed E-state index contributed by atoms with van der Waals surface area (Å²) in [6.07, 6.45) is 0. The predicted octanol–water partition coefficient (Wildman–Crippen LogP) is 5.61. The molecule has 0 spiro atoms. The average Bonchev–Trinajstić information content (AvgIpc) is 3.21. The van der Waals surface area contributed by atoms with E-state index in [2.05, 4.69) is 22.6 Å². The molecule has 0 bridgehead atoms. The summed E-state index contributed by atoms with van der Waals surface area (Å²) in [6.45, 7) is 2.47. The second kappa shape index (κ2) is 8.50. The molecule has 4 rings (SSSR count). The van der Waals surface area contributed by atoms with Crippen molar-refractivity contribution >= 4 is 23.3 Å². The van der Waals surface area contributed by atoms with E-state index in [-0.39, 0.29) is 18.0 Å². The van der Waals surface area contributed by atoms with Gasteiger partial charge in [-0.15, -0.1) is 0 Å². The van der Waals surface area contributed by atoms with E-state index in [1.54, 1.807) is 0 Å². The van der Waals surface area contributed by atoms with E-state index in [9.17, 15) is 4.79 Å². The van der Waals surface area contributed by atoms with Gasteiger partial charge < -0.3 is 5.32 Å². The predicted molar refractivity (Wildman–Crippen MR) is 117 cm³/mol. The first kappa shape index (κ1) is 19.2. The number of rotatable bonds is 4. The summed E-state index contributed by atoms with van der Waals surface area (Å²) in [4.78, 5) is 12.9. The lowest BCUT2D eigenvalue weighted by Gasteiger charge is -2.19. The monoisotopic (exact) mass is 403 g/mol. The number of halogens is 1. The van der Waals surface area contributed by atoms with Gasteiger partial charge in [-0.05, 0) is 35.7 Å². The van der Waals surface area contributed by atoms with Crippen LogP contribution < -0.4 is 5.32 Å². The molecule has 2 atom stereocenters. The van der Waals surface area contributed by atoms with Crippen LogP contribution in [-0.4, -0.2) is 23.3 Å². The van der Waals surface area contributed by atoms with Gasteiger partial charge in [0.1, 0.15) is 0 Å². The van der Waals surface area contributed by atoms with Crippen molar-refractivity contribution in [1.29, 1.82) is 0 Å². The highest BCUT2D eigenvalue weighted by Crippen LogP contribution is 2.29. The molecule has 146 valence electrons. The van der Waals surface area contributed by atoms with Gasteiger partial charge in [-0.3, -0.25) is 0 Å². The summed E-state index contributed by atoms with van der Waals surface area (Å²) in [5, 5.41) is 9.94. The SMILES string of the molecule is C[C@@H](NC(=O)N1CC(c2ccccc2)C(c2ccc(Cl)cc2)=N1)c1ccccc1. The van der Waals surface area contributed by atoms with Gasteiger partial charge in [0.05, 0.1) is 18.3 Å². The lowest BCUT2D eigenvalue weighted by Crippen LogP contribution is -2.37. The van der Waals surface area contributed by atoms with E-state index in [1.165, 1.54) is 5.01 Å². The number of nitrogens with zero attached hydrogens (tertiary/aromatic N) is 2. The van der Waals surface area contributed by atoms with Crippen LogP contribution in [0, 0.1) is 0 Å². The molecule has 0 aliphatic carbocycles. The summed E-state index contributed by atoms with van der Waals surface area (Å²) in [5.41, 5.74) is 4.03. The fourth-order valence-electron chi connectivity index (χ4n) is 3.54. The van der Waals surface area contributed by atoms with Gasteiger partial charge in [0, 0.05) is 10.9 Å². The molecule has 0 fully saturated rings. The first-order chi connectivity index (χ1) is 14.1. The second-order valence-electron chi connectivity index (χ2n) is 7.12. The Morgan fingerprint density at radius 1 is 1.00 bits per heavy atom. The molecule has 0 radical (unpaired) electrons. The molecule has 3 aromatic rings. The van der Waals surface area contributed by atoms with Crippen molar-refractivity contribution in [2.24, 2.45) is 5.10 Å². The van der Waals surface area contributed by atoms with Crippen molar-refractivity contribution in [1.82, 2.24) is 10.3 Å². The second-order valence-corrected chi connectivity index (χ2v) is 7.56. The molecule has 1 N–H and O–H groups in total. The molecular formula is C24H22ClN3O. The van der Waals surface area contributed by atoms with Crippen molar-refractivity contribution < 1.29 is 4.79 Å². The van der Waals surface area contributed by atoms with Gasteiger partial charge in [0.25, 0.3) is 0 Å². The van der Waals surface area contributed by atoms with Crippen molar-refractivity contribution in [2.75, 3.05) is 6.54 Å². The van der Waals surface area contributed by atoms with Gasteiger partial charge in [-0.25, -0.2) is 9.80 Å². The van der Waals surface area contributed by atoms with Crippen LogP contribution >= 0.6 is 11.6 Å². The molecule has 1 aliphatic heterocycles. The molecular weight excluding hydrogens is 382 g/mol. The Morgan fingerprint density at radius 3 is 2.28 bits per heavy atom. The minimum atomic E-state index is -0.203. The van der Waals surface area contributed by atoms with Crippen LogP contribution in [0.2, 0.25) is 5.02 Å². The molecule has 4 nitrogen and oxygen atoms in total. The number of hydrazone groups is 1. The number of benzene rings is 3. The Balaban J connectivity index is 1.59. The molecule has 2 amide bonds. The van der Waals surface area contributed by atoms with E-state index < -0.39 is 0 Å². The average molecular weight is 404 g/mol. The van der Waals surface area contributed by atoms with Gasteiger partial charge in [-0.1, -0.05) is 84.4 Å². The third-order valence-corrected chi connectivity index (χ3v) is 5.38. The maximum atomic E-state index is 12.9. The minimum absolute atomic E-state index is 0.00940. The van der Waals surface area contributed by atoms with E-state index in [1.807, 2.05) is 79.7 Å². The molecule has 0 saturated heterocycles. The number of hydrogen-bond acceptors (Lipinski definition) is 2. The zero-order valence-corrected chi connectivity index (χ0v) is 16.9. The number of carbonyl (C=O) groups is 1. The topological polar surface area (TPSA) is 44.7 Å². The van der Waals surface area contributed by atoms with Gasteiger partial charge in [-0.2, -0.15) is 5.10 Å². The minimum Gasteiger partial charge on any atom is -0.330 e. The van der Waals surface area contributed by atoms with Crippen LogP contribution in [0.3, 0.4) is 0 Å². The van der Waals surface area contributed by atoms with Crippen LogP contribution in [0.4, 0.5) is 4.79 Å². The Labute approximate surface area is 175 Å². The maximum Gasteiger partial charge on any atom is 0.338 e. The Kier molecular flexibility index (Phi) is 5.63.